The van der Waals surface area contributed by atoms with Crippen molar-refractivity contribution in [2.75, 3.05) is 20.0 Å². The second-order valence-electron chi connectivity index (χ2n) is 3.73. The number of hydrogen-bond acceptors (Lipinski definition) is 7. The van der Waals surface area contributed by atoms with E-state index in [1.54, 1.807) is 0 Å². The van der Waals surface area contributed by atoms with Crippen LogP contribution < -0.4 is 0 Å². The first-order valence-electron chi connectivity index (χ1n) is 5.38. The van der Waals surface area contributed by atoms with E-state index in [9.17, 15) is 21.0 Å². The second kappa shape index (κ2) is 6.91. The van der Waals surface area contributed by atoms with E-state index in [1.807, 2.05) is 0 Å². The van der Waals surface area contributed by atoms with Gasteiger partial charge < -0.3 is 0 Å². The Morgan fingerprint density at radius 3 is 1.67 bits per heavy atom. The van der Waals surface area contributed by atoms with Crippen LogP contribution in [0.25, 0.3) is 0 Å². The van der Waals surface area contributed by atoms with Crippen LogP contribution in [0.5, 0.6) is 0 Å². The Morgan fingerprint density at radius 1 is 0.905 bits per heavy atom. The van der Waals surface area contributed by atoms with E-state index >= 15 is 0 Å². The van der Waals surface area contributed by atoms with Crippen LogP contribution in [-0.4, -0.2) is 54.7 Å². The molecule has 0 aromatic rings. The lowest BCUT2D eigenvalue weighted by molar-refractivity contribution is -0.122. The average molecular weight is 357 g/mol. The molecule has 0 bridgehead atoms. The van der Waals surface area contributed by atoms with Gasteiger partial charge in [-0.25, -0.2) is 21.0 Å². The van der Waals surface area contributed by atoms with E-state index in [0.717, 1.165) is 19.1 Å². The summed E-state index contributed by atoms with van der Waals surface area (Å²) in [6.07, 6.45) is 0. The lowest BCUT2D eigenvalue weighted by Crippen LogP contribution is -2.57. The van der Waals surface area contributed by atoms with Crippen LogP contribution in [0, 0.1) is 0 Å². The minimum atomic E-state index is -3.89. The SMILES string of the molecule is C=CS(=O)ON1CN(S(=O)(=O)C=C)CN(S(=O)(=O)C=C)C1. The van der Waals surface area contributed by atoms with E-state index in [4.69, 9.17) is 4.28 Å². The lowest BCUT2D eigenvalue weighted by atomic mass is 10.7. The molecule has 21 heavy (non-hydrogen) atoms. The van der Waals surface area contributed by atoms with E-state index in [1.165, 1.54) is 0 Å². The van der Waals surface area contributed by atoms with Crippen LogP contribution in [0.4, 0.5) is 0 Å². The first kappa shape index (κ1) is 18.2. The standard InChI is InChI=1S/C9H15N3O6S3/c1-4-19(13)18-10-7-11(20(14,15)5-2)9-12(8-10)21(16,17)6-3/h4-6H,1-3,7-9H2. The van der Waals surface area contributed by atoms with Crippen molar-refractivity contribution in [3.63, 3.8) is 0 Å². The number of nitrogens with zero attached hydrogens (tertiary/aromatic N) is 3. The fourth-order valence-corrected chi connectivity index (χ4v) is 3.41. The van der Waals surface area contributed by atoms with E-state index in [0.29, 0.717) is 10.8 Å². The molecule has 0 saturated carbocycles. The summed E-state index contributed by atoms with van der Waals surface area (Å²) < 4.78 is 65.0. The molecule has 0 aromatic heterocycles. The molecule has 0 aromatic carbocycles. The van der Waals surface area contributed by atoms with Crippen LogP contribution in [-0.2, 0) is 35.4 Å². The van der Waals surface area contributed by atoms with Crippen molar-refractivity contribution in [2.45, 2.75) is 0 Å². The van der Waals surface area contributed by atoms with Gasteiger partial charge in [-0.3, -0.25) is 0 Å². The topological polar surface area (TPSA) is 104 Å². The molecule has 1 unspecified atom stereocenters. The number of rotatable bonds is 7. The fourth-order valence-electron chi connectivity index (χ4n) is 1.38. The first-order chi connectivity index (χ1) is 9.66. The van der Waals surface area contributed by atoms with Crippen molar-refractivity contribution >= 4 is 31.1 Å². The van der Waals surface area contributed by atoms with Crippen LogP contribution in [0.3, 0.4) is 0 Å². The zero-order valence-corrected chi connectivity index (χ0v) is 13.4. The highest BCUT2D eigenvalue weighted by Crippen LogP contribution is 2.17. The third-order valence-electron chi connectivity index (χ3n) is 2.40. The average Bonchev–Trinajstić information content (AvgIpc) is 2.46. The quantitative estimate of drug-likeness (QED) is 0.603. The van der Waals surface area contributed by atoms with Crippen LogP contribution >= 0.6 is 0 Å². The zero-order valence-electron chi connectivity index (χ0n) is 11.0. The van der Waals surface area contributed by atoms with Crippen molar-refractivity contribution in [3.05, 3.63) is 36.0 Å². The van der Waals surface area contributed by atoms with Crippen LogP contribution in [0.1, 0.15) is 0 Å². The summed E-state index contributed by atoms with van der Waals surface area (Å²) in [6, 6.07) is 0. The second-order valence-corrected chi connectivity index (χ2v) is 8.50. The molecule has 1 fully saturated rings. The maximum atomic E-state index is 11.8. The summed E-state index contributed by atoms with van der Waals surface area (Å²) in [5.41, 5.74) is 0. The minimum Gasteiger partial charge on any atom is -0.223 e. The van der Waals surface area contributed by atoms with Gasteiger partial charge in [0.1, 0.15) is 0 Å². The molecule has 1 saturated heterocycles. The molecule has 1 atom stereocenters. The molecule has 120 valence electrons. The van der Waals surface area contributed by atoms with Crippen LogP contribution in [0.2, 0.25) is 0 Å². The van der Waals surface area contributed by atoms with Gasteiger partial charge in [-0.2, -0.15) is 12.9 Å². The first-order valence-corrected chi connectivity index (χ1v) is 9.52. The highest BCUT2D eigenvalue weighted by molar-refractivity contribution is 7.92. The number of hydroxylamine groups is 2. The molecule has 0 spiro atoms. The van der Waals surface area contributed by atoms with Gasteiger partial charge in [0.25, 0.3) is 0 Å². The smallest absolute Gasteiger partial charge is 0.223 e. The number of hydrogen-bond donors (Lipinski definition) is 0. The van der Waals surface area contributed by atoms with Gasteiger partial charge in [-0.1, -0.05) is 19.7 Å². The number of sulfonamides is 2. The summed E-state index contributed by atoms with van der Waals surface area (Å²) in [5.74, 6) is 0. The van der Waals surface area contributed by atoms with Crippen molar-refractivity contribution in [2.24, 2.45) is 0 Å². The van der Waals surface area contributed by atoms with E-state index in [2.05, 4.69) is 19.7 Å². The Balaban J connectivity index is 3.09. The van der Waals surface area contributed by atoms with Gasteiger partial charge in [0.15, 0.2) is 11.1 Å². The maximum Gasteiger partial charge on any atom is 0.238 e. The van der Waals surface area contributed by atoms with E-state index < -0.39 is 37.8 Å². The van der Waals surface area contributed by atoms with E-state index in [-0.39, 0.29) is 13.3 Å². The van der Waals surface area contributed by atoms with Gasteiger partial charge in [0.05, 0.1) is 20.0 Å². The lowest BCUT2D eigenvalue weighted by Gasteiger charge is -2.37. The monoisotopic (exact) mass is 357 g/mol. The van der Waals surface area contributed by atoms with Gasteiger partial charge in [0, 0.05) is 16.2 Å². The molecule has 12 heteroatoms. The third kappa shape index (κ3) is 4.54. The predicted molar refractivity (Wildman–Crippen MR) is 77.8 cm³/mol. The molecule has 1 heterocycles. The molecular formula is C9H15N3O6S3. The van der Waals surface area contributed by atoms with Crippen LogP contribution in [0.15, 0.2) is 36.0 Å². The Morgan fingerprint density at radius 2 is 1.33 bits per heavy atom. The summed E-state index contributed by atoms with van der Waals surface area (Å²) in [6.45, 7) is 8.53. The minimum absolute atomic E-state index is 0.308. The summed E-state index contributed by atoms with van der Waals surface area (Å²) in [4.78, 5) is 0. The van der Waals surface area contributed by atoms with Crippen molar-refractivity contribution in [1.29, 1.82) is 0 Å². The summed E-state index contributed by atoms with van der Waals surface area (Å²) >= 11 is -1.92. The highest BCUT2D eigenvalue weighted by atomic mass is 32.2. The Labute approximate surface area is 126 Å². The molecule has 9 nitrogen and oxygen atoms in total. The third-order valence-corrected chi connectivity index (χ3v) is 5.78. The Kier molecular flexibility index (Phi) is 5.98. The maximum absolute atomic E-state index is 11.8. The van der Waals surface area contributed by atoms with Gasteiger partial charge >= 0.3 is 0 Å². The Hall–Kier alpha value is -0.890. The van der Waals surface area contributed by atoms with Gasteiger partial charge in [-0.15, -0.1) is 5.06 Å². The van der Waals surface area contributed by atoms with Crippen molar-refractivity contribution in [3.8, 4) is 0 Å². The normalized spacial score (nSPS) is 20.8. The van der Waals surface area contributed by atoms with Gasteiger partial charge in [-0.05, 0) is 0 Å². The summed E-state index contributed by atoms with van der Waals surface area (Å²) in [7, 11) is -7.78. The summed E-state index contributed by atoms with van der Waals surface area (Å²) in [5, 5.41) is 3.26. The zero-order chi connectivity index (χ0) is 16.3. The molecule has 1 aliphatic heterocycles. The van der Waals surface area contributed by atoms with Crippen molar-refractivity contribution in [1.82, 2.24) is 13.7 Å². The Bertz CT molecular complexity index is 610. The van der Waals surface area contributed by atoms with Gasteiger partial charge in [0.2, 0.25) is 20.0 Å². The highest BCUT2D eigenvalue weighted by Gasteiger charge is 2.35. The largest absolute Gasteiger partial charge is 0.238 e. The predicted octanol–water partition coefficient (Wildman–Crippen LogP) is -0.536. The molecule has 1 aliphatic rings. The molecule has 1 rings (SSSR count). The molecule has 0 amide bonds. The van der Waals surface area contributed by atoms with Crippen molar-refractivity contribution < 1.29 is 25.3 Å². The molecule has 0 N–H and O–H groups in total. The molecule has 0 radical (unpaired) electrons. The molecule has 0 aliphatic carbocycles. The fraction of sp³-hybridized carbons (Fsp3) is 0.333. The molecular weight excluding hydrogens is 342 g/mol.